The molecule has 0 N–H and O–H groups in total. The predicted octanol–water partition coefficient (Wildman–Crippen LogP) is 5.78. The van der Waals surface area contributed by atoms with Crippen LogP contribution in [-0.2, 0) is 9.53 Å². The number of rotatable bonds is 1. The molecule has 25 heavy (non-hydrogen) atoms. The summed E-state index contributed by atoms with van der Waals surface area (Å²) >= 11 is 0. The summed E-state index contributed by atoms with van der Waals surface area (Å²) in [4.78, 5) is 12.5. The van der Waals surface area contributed by atoms with E-state index in [1.807, 2.05) is 0 Å². The Morgan fingerprint density at radius 3 is 2.44 bits per heavy atom. The van der Waals surface area contributed by atoms with Gasteiger partial charge in [-0.15, -0.1) is 0 Å². The Morgan fingerprint density at radius 2 is 1.72 bits per heavy atom. The topological polar surface area (TPSA) is 26.3 Å². The zero-order valence-corrected chi connectivity index (χ0v) is 17.1. The lowest BCUT2D eigenvalue weighted by molar-refractivity contribution is -0.155. The molecule has 4 fully saturated rings. The van der Waals surface area contributed by atoms with Crippen molar-refractivity contribution in [3.05, 3.63) is 0 Å². The minimum Gasteiger partial charge on any atom is -0.373 e. The fourth-order valence-electron chi connectivity index (χ4n) is 7.60. The Morgan fingerprint density at radius 1 is 0.960 bits per heavy atom. The van der Waals surface area contributed by atoms with Crippen LogP contribution in [-0.4, -0.2) is 17.5 Å². The average Bonchev–Trinajstić information content (AvgIpc) is 2.82. The zero-order valence-electron chi connectivity index (χ0n) is 17.1. The molecule has 4 rings (SSSR count). The third-order valence-electron chi connectivity index (χ3n) is 8.85. The second kappa shape index (κ2) is 5.81. The Hall–Kier alpha value is -0.370. The molecule has 4 saturated carbocycles. The van der Waals surface area contributed by atoms with Crippen molar-refractivity contribution in [3.8, 4) is 0 Å². The van der Waals surface area contributed by atoms with Crippen LogP contribution in [0.4, 0.5) is 0 Å². The summed E-state index contributed by atoms with van der Waals surface area (Å²) in [6.45, 7) is 11.5. The molecular formula is C23H38O2. The Kier molecular flexibility index (Phi) is 4.19. The maximum Gasteiger partial charge on any atom is 0.139 e. The molecule has 0 aromatic rings. The molecule has 0 saturated heterocycles. The van der Waals surface area contributed by atoms with E-state index >= 15 is 0 Å². The third kappa shape index (κ3) is 2.82. The van der Waals surface area contributed by atoms with Crippen LogP contribution in [0.3, 0.4) is 0 Å². The van der Waals surface area contributed by atoms with Crippen molar-refractivity contribution in [1.82, 2.24) is 0 Å². The number of fused-ring (bicyclic) bond motifs is 5. The van der Waals surface area contributed by atoms with Gasteiger partial charge >= 0.3 is 0 Å². The lowest BCUT2D eigenvalue weighted by Crippen LogP contribution is -2.54. The van der Waals surface area contributed by atoms with Crippen molar-refractivity contribution in [2.24, 2.45) is 34.5 Å². The minimum absolute atomic E-state index is 0.0214. The van der Waals surface area contributed by atoms with Crippen LogP contribution in [0.2, 0.25) is 0 Å². The summed E-state index contributed by atoms with van der Waals surface area (Å²) < 4.78 is 6.36. The number of ether oxygens (including phenoxy) is 1. The van der Waals surface area contributed by atoms with Crippen molar-refractivity contribution >= 4 is 5.78 Å². The van der Waals surface area contributed by atoms with Crippen LogP contribution in [0.1, 0.15) is 92.4 Å². The largest absolute Gasteiger partial charge is 0.373 e. The fourth-order valence-corrected chi connectivity index (χ4v) is 7.60. The van der Waals surface area contributed by atoms with Gasteiger partial charge in [-0.1, -0.05) is 13.8 Å². The van der Waals surface area contributed by atoms with Crippen molar-refractivity contribution in [2.75, 3.05) is 0 Å². The lowest BCUT2D eigenvalue weighted by atomic mass is 9.45. The minimum atomic E-state index is -0.0214. The fraction of sp³-hybridized carbons (Fsp3) is 0.957. The van der Waals surface area contributed by atoms with Crippen molar-refractivity contribution < 1.29 is 9.53 Å². The van der Waals surface area contributed by atoms with Gasteiger partial charge in [0.1, 0.15) is 5.78 Å². The summed E-state index contributed by atoms with van der Waals surface area (Å²) in [5.74, 6) is 3.75. The molecule has 0 amide bonds. The smallest absolute Gasteiger partial charge is 0.139 e. The molecule has 0 bridgehead atoms. The van der Waals surface area contributed by atoms with Gasteiger partial charge in [0.25, 0.3) is 0 Å². The number of ketones is 1. The summed E-state index contributed by atoms with van der Waals surface area (Å²) in [7, 11) is 0. The zero-order chi connectivity index (χ0) is 18.0. The molecule has 0 unspecified atom stereocenters. The van der Waals surface area contributed by atoms with E-state index in [1.165, 1.54) is 44.9 Å². The van der Waals surface area contributed by atoms with Gasteiger partial charge in [-0.05, 0) is 101 Å². The van der Waals surface area contributed by atoms with E-state index in [2.05, 4.69) is 34.6 Å². The summed E-state index contributed by atoms with van der Waals surface area (Å²) in [6.07, 6.45) is 11.5. The number of carbonyl (C=O) groups excluding carboxylic acids is 1. The van der Waals surface area contributed by atoms with Crippen LogP contribution in [0.5, 0.6) is 0 Å². The van der Waals surface area contributed by atoms with Gasteiger partial charge in [0.15, 0.2) is 0 Å². The molecule has 0 aliphatic heterocycles. The first-order chi connectivity index (χ1) is 11.6. The quantitative estimate of drug-likeness (QED) is 0.601. The molecule has 0 aromatic carbocycles. The van der Waals surface area contributed by atoms with Crippen LogP contribution >= 0.6 is 0 Å². The Bertz CT molecular complexity index is 547. The molecule has 0 heterocycles. The van der Waals surface area contributed by atoms with E-state index in [1.54, 1.807) is 0 Å². The van der Waals surface area contributed by atoms with E-state index in [0.29, 0.717) is 23.2 Å². The number of Topliss-reactive ketones (excluding diaryl/α,β-unsaturated/α-hetero) is 1. The monoisotopic (exact) mass is 346 g/mol. The van der Waals surface area contributed by atoms with Gasteiger partial charge in [-0.3, -0.25) is 4.79 Å². The second-order valence-electron chi connectivity index (χ2n) is 11.2. The van der Waals surface area contributed by atoms with Crippen molar-refractivity contribution in [2.45, 2.75) is 104 Å². The summed E-state index contributed by atoms with van der Waals surface area (Å²) in [5, 5.41) is 0. The second-order valence-corrected chi connectivity index (χ2v) is 11.2. The normalized spacial score (nSPS) is 50.1. The van der Waals surface area contributed by atoms with E-state index in [9.17, 15) is 4.79 Å². The van der Waals surface area contributed by atoms with Gasteiger partial charge in [-0.2, -0.15) is 0 Å². The van der Waals surface area contributed by atoms with Crippen LogP contribution in [0, 0.1) is 34.5 Å². The van der Waals surface area contributed by atoms with Gasteiger partial charge < -0.3 is 4.74 Å². The van der Waals surface area contributed by atoms with Crippen molar-refractivity contribution in [3.63, 3.8) is 0 Å². The van der Waals surface area contributed by atoms with E-state index < -0.39 is 0 Å². The van der Waals surface area contributed by atoms with Gasteiger partial charge in [0, 0.05) is 11.8 Å². The first kappa shape index (κ1) is 18.0. The average molecular weight is 347 g/mol. The maximum absolute atomic E-state index is 12.5. The van der Waals surface area contributed by atoms with Crippen LogP contribution in [0.25, 0.3) is 0 Å². The molecule has 4 aliphatic carbocycles. The molecule has 7 atom stereocenters. The molecule has 2 heteroatoms. The van der Waals surface area contributed by atoms with E-state index in [0.717, 1.165) is 30.6 Å². The third-order valence-corrected chi connectivity index (χ3v) is 8.85. The number of hydrogen-bond acceptors (Lipinski definition) is 2. The standard InChI is InChI=1S/C23H38O2/c1-21(2,3)25-16-10-12-22(4)15(14-16)6-7-17-18-8-9-20(24)23(18,5)13-11-19(17)22/h15-19H,6-14H2,1-5H3/t15-,16-,17-,18-,19-,22-,23-/m0/s1. The first-order valence-electron chi connectivity index (χ1n) is 10.8. The maximum atomic E-state index is 12.5. The molecule has 0 aromatic heterocycles. The highest BCUT2D eigenvalue weighted by Crippen LogP contribution is 2.65. The lowest BCUT2D eigenvalue weighted by Gasteiger charge is -2.60. The SMILES string of the molecule is CC(C)(C)O[C@H]1CC[C@@]2(C)[C@@H](CC[C@@H]3[C@@H]2CC[C@]2(C)C(=O)CC[C@@H]32)C1. The van der Waals surface area contributed by atoms with Crippen LogP contribution < -0.4 is 0 Å². The highest BCUT2D eigenvalue weighted by molar-refractivity contribution is 5.87. The van der Waals surface area contributed by atoms with E-state index in [-0.39, 0.29) is 11.0 Å². The molecule has 2 nitrogen and oxygen atoms in total. The highest BCUT2D eigenvalue weighted by atomic mass is 16.5. The molecule has 4 aliphatic rings. The number of hydrogen-bond donors (Lipinski definition) is 0. The predicted molar refractivity (Wildman–Crippen MR) is 101 cm³/mol. The van der Waals surface area contributed by atoms with Crippen molar-refractivity contribution in [1.29, 1.82) is 0 Å². The summed E-state index contributed by atoms with van der Waals surface area (Å²) in [5.41, 5.74) is 0.497. The molecule has 0 radical (unpaired) electrons. The highest BCUT2D eigenvalue weighted by Gasteiger charge is 2.60. The van der Waals surface area contributed by atoms with Gasteiger partial charge in [0.2, 0.25) is 0 Å². The van der Waals surface area contributed by atoms with Gasteiger partial charge in [-0.25, -0.2) is 0 Å². The molecular weight excluding hydrogens is 308 g/mol. The number of carbonyl (C=O) groups is 1. The Labute approximate surface area is 154 Å². The van der Waals surface area contributed by atoms with Crippen LogP contribution in [0.15, 0.2) is 0 Å². The van der Waals surface area contributed by atoms with E-state index in [4.69, 9.17) is 4.74 Å². The Balaban J connectivity index is 1.52. The summed E-state index contributed by atoms with van der Waals surface area (Å²) in [6, 6.07) is 0. The first-order valence-corrected chi connectivity index (χ1v) is 10.8. The van der Waals surface area contributed by atoms with Gasteiger partial charge in [0.05, 0.1) is 11.7 Å². The molecule has 142 valence electrons. The molecule has 0 spiro atoms.